The number of pyridine rings is 2. The maximum Gasteiger partial charge on any atom is 0.355 e. The van der Waals surface area contributed by atoms with Gasteiger partial charge in [-0.05, 0) is 106 Å². The molecule has 3 saturated heterocycles. The largest absolute Gasteiger partial charge is 0.508 e. The molecule has 0 radical (unpaired) electrons. The van der Waals surface area contributed by atoms with E-state index in [1.807, 2.05) is 6.92 Å². The number of benzene rings is 1. The third-order valence-electron chi connectivity index (χ3n) is 23.3. The number of aliphatic hydroxyl groups excluding tert-OH is 4. The summed E-state index contributed by atoms with van der Waals surface area (Å²) in [6.45, 7) is 5.62. The minimum absolute atomic E-state index is 0.0263. The Morgan fingerprint density at radius 2 is 1.24 bits per heavy atom. The monoisotopic (exact) mass is 1790 g/mol. The highest BCUT2D eigenvalue weighted by Crippen LogP contribution is 2.43. The van der Waals surface area contributed by atoms with Gasteiger partial charge in [-0.3, -0.25) is 48.1 Å². The standard InChI is InChI=1S/C86H123N11O30/c1-4-57-58-38-56(99)18-19-62(58)92-80-59(57)46-96-63(80)39-61-60(82(96)111)48-123-85(112)86(61,5-2)127-78(109)43-91-75(106)52-118-51-74(105)88-25-31-115-36-37-117-33-27-95-45-55(93-94-95)42-90-73(104)13-9-7-10-28-119-67-20-23-79(113-3)124-70(67)49-121-84-66(102)41-68(71(126-84)50-122-83-65(101)40-64(100)69(47-98)125-83)120-29-11-6-8-12-72(103)87-24-30-114-34-35-116-32-26-89-81(110)54-16-14-53(15-17-54)44-97-76(107)21-22-77(97)108/h18-19,21-22,38-39,45,53-54,64-71,79,83-84,98-102H,4-17,20,23-37,40-44,46-52H2,1-3H3,(H,87,103)(H,88,105)(H,89,110)(H,90,104)(H,91,106)/t53?,54?,64-,65?,66+,67-,68-,69+,70+,71+,79-,83-,84-,86-/m0/s1. The van der Waals surface area contributed by atoms with E-state index in [4.69, 9.17) is 76.0 Å². The summed E-state index contributed by atoms with van der Waals surface area (Å²) in [5.41, 5.74) is 1.73. The highest BCUT2D eigenvalue weighted by Gasteiger charge is 2.51. The molecule has 7 amide bonds. The molecular weight excluding hydrogens is 1670 g/mol. The van der Waals surface area contributed by atoms with Crippen LogP contribution in [0.25, 0.3) is 22.3 Å². The molecule has 4 aromatic rings. The zero-order chi connectivity index (χ0) is 90.2. The molecule has 1 aliphatic carbocycles. The fourth-order valence-electron chi connectivity index (χ4n) is 16.4. The third-order valence-corrected chi connectivity index (χ3v) is 23.3. The van der Waals surface area contributed by atoms with E-state index in [2.05, 4.69) is 36.9 Å². The van der Waals surface area contributed by atoms with Gasteiger partial charge in [0.05, 0.1) is 139 Å². The van der Waals surface area contributed by atoms with Gasteiger partial charge >= 0.3 is 11.9 Å². The number of unbranched alkanes of at least 4 members (excludes halogenated alkanes) is 4. The first-order chi connectivity index (χ1) is 61.5. The molecular formula is C86H123N11O30. The second kappa shape index (κ2) is 50.3. The van der Waals surface area contributed by atoms with Gasteiger partial charge in [0.1, 0.15) is 68.3 Å². The van der Waals surface area contributed by atoms with Gasteiger partial charge in [0.25, 0.3) is 17.4 Å². The van der Waals surface area contributed by atoms with E-state index in [0.29, 0.717) is 159 Å². The first kappa shape index (κ1) is 98.6. The second-order valence-corrected chi connectivity index (χ2v) is 32.3. The summed E-state index contributed by atoms with van der Waals surface area (Å²) in [5, 5.41) is 75.2. The fourth-order valence-corrected chi connectivity index (χ4v) is 16.4. The van der Waals surface area contributed by atoms with E-state index in [1.165, 1.54) is 23.1 Å². The molecule has 127 heavy (non-hydrogen) atoms. The lowest BCUT2D eigenvalue weighted by molar-refractivity contribution is -0.315. The quantitative estimate of drug-likeness (QED) is 0.0144. The predicted octanol–water partition coefficient (Wildman–Crippen LogP) is 0.466. The Balaban J connectivity index is 0.493. The third kappa shape index (κ3) is 28.5. The minimum atomic E-state index is -2.00. The van der Waals surface area contributed by atoms with Gasteiger partial charge in [0.2, 0.25) is 35.1 Å². The van der Waals surface area contributed by atoms with E-state index in [0.717, 1.165) is 29.4 Å². The van der Waals surface area contributed by atoms with Crippen molar-refractivity contribution in [2.45, 2.75) is 229 Å². The Bertz CT molecular complexity index is 4370. The molecule has 1 aromatic carbocycles. The maximum atomic E-state index is 14.1. The molecule has 12 atom stereocenters. The zero-order valence-electron chi connectivity index (χ0n) is 72.4. The number of phenolic OH excluding ortho intramolecular Hbond substituents is 1. The number of amides is 7. The van der Waals surface area contributed by atoms with Gasteiger partial charge < -0.3 is 128 Å². The SMILES string of the molecule is CCc1c2c(nc3ccc(O)cc13)-c1cc3c(c(=O)n1C2)COC(=O)[C@@]3(CC)OC(=O)CNC(=O)COCC(=O)NCCOCCOCCn1cc(CNC(=O)CCCCCO[C@H]2CC[C@@H](OC)O[C@@H]2CO[C@H]2O[C@H](CO[C@H]3O[C@H](CO)[C@@H](O)CC3O)[C@@H](OCCCCCC(=O)NCCOCCOCCNC(=O)C3CCC(CN4C(=O)C=CC4=O)CC3)C[C@H]2O)nn1. The number of cyclic esters (lactones) is 1. The molecule has 11 rings (SSSR count). The van der Waals surface area contributed by atoms with Crippen LogP contribution in [0.2, 0.25) is 0 Å². The number of carbonyl (C=O) groups is 9. The molecule has 7 aliphatic rings. The number of nitrogens with one attached hydrogen (secondary N) is 5. The topological polar surface area (TPSA) is 522 Å². The van der Waals surface area contributed by atoms with E-state index >= 15 is 0 Å². The van der Waals surface area contributed by atoms with Gasteiger partial charge in [-0.15, -0.1) is 5.10 Å². The van der Waals surface area contributed by atoms with Gasteiger partial charge in [-0.2, -0.15) is 0 Å². The van der Waals surface area contributed by atoms with Crippen molar-refractivity contribution in [2.24, 2.45) is 11.8 Å². The number of hydrogen-bond acceptors (Lipinski definition) is 33. The molecule has 1 saturated carbocycles. The van der Waals surface area contributed by atoms with Crippen LogP contribution in [0.5, 0.6) is 5.75 Å². The van der Waals surface area contributed by atoms with E-state index < -0.39 is 129 Å². The lowest BCUT2D eigenvalue weighted by Gasteiger charge is -2.42. The van der Waals surface area contributed by atoms with Crippen molar-refractivity contribution in [3.05, 3.63) is 80.9 Å². The number of imide groups is 1. The van der Waals surface area contributed by atoms with Crippen LogP contribution < -0.4 is 32.1 Å². The summed E-state index contributed by atoms with van der Waals surface area (Å²) >= 11 is 0. The number of nitrogens with zero attached hydrogens (tertiary/aromatic N) is 6. The summed E-state index contributed by atoms with van der Waals surface area (Å²) in [5.74, 6) is -3.84. The Labute approximate surface area is 734 Å². The molecule has 6 aliphatic heterocycles. The first-order valence-electron chi connectivity index (χ1n) is 44.1. The number of rotatable bonds is 54. The van der Waals surface area contributed by atoms with Crippen molar-refractivity contribution >= 4 is 64.2 Å². The van der Waals surface area contributed by atoms with Crippen LogP contribution in [-0.2, 0) is 152 Å². The molecule has 1 unspecified atom stereocenters. The molecule has 4 fully saturated rings. The van der Waals surface area contributed by atoms with E-state index in [9.17, 15) is 73.5 Å². The van der Waals surface area contributed by atoms with Crippen molar-refractivity contribution in [3.63, 3.8) is 0 Å². The van der Waals surface area contributed by atoms with Gasteiger partial charge in [-0.25, -0.2) is 14.5 Å². The first-order valence-corrected chi connectivity index (χ1v) is 44.1. The van der Waals surface area contributed by atoms with Gasteiger partial charge in [0, 0.05) is 113 Å². The Hall–Kier alpha value is -8.99. The fraction of sp³-hybridized carbons (Fsp3) is 0.686. The van der Waals surface area contributed by atoms with Crippen LogP contribution in [0.1, 0.15) is 151 Å². The number of carbonyl (C=O) groups excluding carboxylic acids is 9. The number of aromatic nitrogens is 5. The Kier molecular flexibility index (Phi) is 39.0. The normalized spacial score (nSPS) is 24.4. The molecule has 0 spiro atoms. The number of aryl methyl sites for hydroxylation is 1. The lowest BCUT2D eigenvalue weighted by Crippen LogP contribution is -2.54. The van der Waals surface area contributed by atoms with Crippen LogP contribution in [0, 0.1) is 11.8 Å². The summed E-state index contributed by atoms with van der Waals surface area (Å²) < 4.78 is 90.7. The highest BCUT2D eigenvalue weighted by atomic mass is 16.7. The average molecular weight is 1790 g/mol. The predicted molar refractivity (Wildman–Crippen MR) is 444 cm³/mol. The molecule has 41 nitrogen and oxygen atoms in total. The van der Waals surface area contributed by atoms with Crippen molar-refractivity contribution in [1.82, 2.24) is 56.0 Å². The number of esters is 2. The maximum absolute atomic E-state index is 14.1. The van der Waals surface area contributed by atoms with Crippen molar-refractivity contribution in [3.8, 4) is 17.1 Å². The molecule has 41 heteroatoms. The second-order valence-electron chi connectivity index (χ2n) is 32.3. The number of hydrogen-bond donors (Lipinski definition) is 10. The number of fused-ring (bicyclic) bond motifs is 5. The van der Waals surface area contributed by atoms with Crippen molar-refractivity contribution < 1.29 is 140 Å². The summed E-state index contributed by atoms with van der Waals surface area (Å²) in [6.07, 6.45) is 3.38. The van der Waals surface area contributed by atoms with Crippen LogP contribution >= 0.6 is 0 Å². The van der Waals surface area contributed by atoms with Crippen LogP contribution in [-0.4, -0.2) is 315 Å². The zero-order valence-corrected chi connectivity index (χ0v) is 72.4. The number of aromatic hydroxyl groups is 1. The van der Waals surface area contributed by atoms with Crippen LogP contribution in [0.15, 0.2) is 47.4 Å². The smallest absolute Gasteiger partial charge is 0.355 e. The Morgan fingerprint density at radius 3 is 1.91 bits per heavy atom. The summed E-state index contributed by atoms with van der Waals surface area (Å²) in [6, 6.07) is 6.49. The van der Waals surface area contributed by atoms with E-state index in [1.54, 1.807) is 47.7 Å². The lowest BCUT2D eigenvalue weighted by atomic mass is 9.81. The number of ether oxygens (including phenoxy) is 15. The molecule has 9 heterocycles. The average Bonchev–Trinajstić information content (AvgIpc) is 1.57. The highest BCUT2D eigenvalue weighted by molar-refractivity contribution is 6.12. The number of aliphatic hydroxyl groups is 4. The number of phenols is 1. The summed E-state index contributed by atoms with van der Waals surface area (Å²) in [4.78, 5) is 134. The van der Waals surface area contributed by atoms with Crippen LogP contribution in [0.3, 0.4) is 0 Å². The summed E-state index contributed by atoms with van der Waals surface area (Å²) in [7, 11) is 1.54. The van der Waals surface area contributed by atoms with Gasteiger partial charge in [-0.1, -0.05) is 31.9 Å². The van der Waals surface area contributed by atoms with Crippen LogP contribution in [0.4, 0.5) is 0 Å². The molecule has 702 valence electrons. The molecule has 10 N–H and O–H groups in total. The minimum Gasteiger partial charge on any atom is -0.508 e. The number of methoxy groups -OCH3 is 1. The van der Waals surface area contributed by atoms with Crippen molar-refractivity contribution in [2.75, 3.05) is 139 Å². The van der Waals surface area contributed by atoms with Crippen molar-refractivity contribution in [1.29, 1.82) is 0 Å². The van der Waals surface area contributed by atoms with Gasteiger partial charge in [0.15, 0.2) is 18.9 Å². The Morgan fingerprint density at radius 1 is 0.622 bits per heavy atom. The van der Waals surface area contributed by atoms with E-state index in [-0.39, 0.29) is 156 Å². The molecule has 0 bridgehead atoms. The molecule has 3 aromatic heterocycles.